The number of esters is 1. The van der Waals surface area contributed by atoms with E-state index in [-0.39, 0.29) is 11.1 Å². The lowest BCUT2D eigenvalue weighted by molar-refractivity contribution is 0.0597. The Hall–Kier alpha value is -3.87. The van der Waals surface area contributed by atoms with Gasteiger partial charge in [0.25, 0.3) is 5.56 Å². The van der Waals surface area contributed by atoms with E-state index in [2.05, 4.69) is 28.7 Å². The van der Waals surface area contributed by atoms with Crippen LogP contribution in [0.15, 0.2) is 53.5 Å². The van der Waals surface area contributed by atoms with E-state index in [4.69, 9.17) is 9.47 Å². The first kappa shape index (κ1) is 21.4. The summed E-state index contributed by atoms with van der Waals surface area (Å²) in [4.78, 5) is 25.5. The molecular weight excluding hydrogens is 406 g/mol. The molecule has 7 nitrogen and oxygen atoms in total. The van der Waals surface area contributed by atoms with Crippen molar-refractivity contribution in [2.75, 3.05) is 14.2 Å². The number of ether oxygens (including phenoxy) is 2. The monoisotopic (exact) mass is 431 g/mol. The van der Waals surface area contributed by atoms with Gasteiger partial charge in [-0.05, 0) is 50.1 Å². The third kappa shape index (κ3) is 3.36. The van der Waals surface area contributed by atoms with Crippen molar-refractivity contribution in [2.45, 2.75) is 27.2 Å². The number of hydrogen-bond donors (Lipinski definition) is 0. The van der Waals surface area contributed by atoms with Crippen LogP contribution in [0.1, 0.15) is 34.2 Å². The molecule has 2 aromatic carbocycles. The zero-order chi connectivity index (χ0) is 23.0. The number of fused-ring (bicyclic) bond motifs is 1. The summed E-state index contributed by atoms with van der Waals surface area (Å²) in [5.74, 6) is -0.202. The molecule has 0 bridgehead atoms. The molecule has 32 heavy (non-hydrogen) atoms. The average Bonchev–Trinajstić information content (AvgIpc) is 3.08. The zero-order valence-electron chi connectivity index (χ0n) is 18.8. The Kier molecular flexibility index (Phi) is 5.57. The molecule has 2 aromatic heterocycles. The first-order valence-corrected chi connectivity index (χ1v) is 10.4. The lowest BCUT2D eigenvalue weighted by Gasteiger charge is -2.10. The number of aryl methyl sites for hydroxylation is 3. The molecule has 0 saturated carbocycles. The number of methoxy groups -OCH3 is 2. The van der Waals surface area contributed by atoms with Gasteiger partial charge in [-0.1, -0.05) is 19.1 Å². The Labute approximate surface area is 185 Å². The summed E-state index contributed by atoms with van der Waals surface area (Å²) < 4.78 is 13.5. The molecule has 0 aliphatic carbocycles. The molecular formula is C25H25N3O4. The molecule has 0 saturated heterocycles. The van der Waals surface area contributed by atoms with Gasteiger partial charge >= 0.3 is 5.97 Å². The number of benzene rings is 2. The quantitative estimate of drug-likeness (QED) is 0.444. The Morgan fingerprint density at radius 3 is 2.50 bits per heavy atom. The molecule has 0 aliphatic heterocycles. The van der Waals surface area contributed by atoms with Crippen molar-refractivity contribution < 1.29 is 14.3 Å². The molecule has 0 N–H and O–H groups in total. The minimum Gasteiger partial charge on any atom is -0.496 e. The highest BCUT2D eigenvalue weighted by atomic mass is 16.5. The maximum atomic E-state index is 13.5. The molecule has 0 radical (unpaired) electrons. The molecule has 4 aromatic rings. The molecule has 2 heterocycles. The van der Waals surface area contributed by atoms with Crippen LogP contribution in [0.4, 0.5) is 0 Å². The van der Waals surface area contributed by atoms with Gasteiger partial charge in [0.1, 0.15) is 11.3 Å². The normalized spacial score (nSPS) is 11.0. The predicted molar refractivity (Wildman–Crippen MR) is 123 cm³/mol. The number of rotatable bonds is 5. The Balaban J connectivity index is 1.91. The second-order valence-corrected chi connectivity index (χ2v) is 7.56. The highest BCUT2D eigenvalue weighted by Crippen LogP contribution is 2.28. The van der Waals surface area contributed by atoms with E-state index in [9.17, 15) is 9.59 Å². The van der Waals surface area contributed by atoms with E-state index in [0.29, 0.717) is 16.8 Å². The van der Waals surface area contributed by atoms with Crippen LogP contribution >= 0.6 is 0 Å². The van der Waals surface area contributed by atoms with Gasteiger partial charge < -0.3 is 14.0 Å². The number of nitrogens with zero attached hydrogens (tertiary/aromatic N) is 3. The minimum absolute atomic E-state index is 0.235. The molecule has 0 fully saturated rings. The van der Waals surface area contributed by atoms with Crippen molar-refractivity contribution in [3.8, 4) is 17.1 Å². The summed E-state index contributed by atoms with van der Waals surface area (Å²) in [6.45, 7) is 6.06. The van der Waals surface area contributed by atoms with Crippen LogP contribution in [0.3, 0.4) is 0 Å². The molecule has 0 aliphatic rings. The van der Waals surface area contributed by atoms with Crippen molar-refractivity contribution in [3.63, 3.8) is 0 Å². The number of carbonyl (C=O) groups excluding carboxylic acids is 1. The van der Waals surface area contributed by atoms with Gasteiger partial charge in [-0.3, -0.25) is 4.79 Å². The summed E-state index contributed by atoms with van der Waals surface area (Å²) in [5, 5.41) is 5.82. The Morgan fingerprint density at radius 1 is 1.03 bits per heavy atom. The van der Waals surface area contributed by atoms with Crippen LogP contribution in [0.5, 0.6) is 5.75 Å². The van der Waals surface area contributed by atoms with Gasteiger partial charge in [0, 0.05) is 28.5 Å². The van der Waals surface area contributed by atoms with Gasteiger partial charge in [-0.25, -0.2) is 4.79 Å². The first-order valence-electron chi connectivity index (χ1n) is 10.4. The van der Waals surface area contributed by atoms with Crippen LogP contribution in [-0.4, -0.2) is 34.5 Å². The number of aromatic nitrogens is 3. The topological polar surface area (TPSA) is 75.3 Å². The van der Waals surface area contributed by atoms with Crippen molar-refractivity contribution in [3.05, 3.63) is 81.5 Å². The third-order valence-electron chi connectivity index (χ3n) is 5.81. The third-order valence-corrected chi connectivity index (χ3v) is 5.81. The number of hydrogen-bond acceptors (Lipinski definition) is 5. The van der Waals surface area contributed by atoms with Crippen molar-refractivity contribution in [1.29, 1.82) is 0 Å². The smallest absolute Gasteiger partial charge is 0.341 e. The van der Waals surface area contributed by atoms with Crippen molar-refractivity contribution in [1.82, 2.24) is 14.3 Å². The van der Waals surface area contributed by atoms with Crippen LogP contribution in [-0.2, 0) is 11.2 Å². The molecule has 0 unspecified atom stereocenters. The van der Waals surface area contributed by atoms with Gasteiger partial charge in [-0.2, -0.15) is 9.78 Å². The Morgan fingerprint density at radius 2 is 1.81 bits per heavy atom. The van der Waals surface area contributed by atoms with Gasteiger partial charge in [0.15, 0.2) is 0 Å². The molecule has 7 heteroatoms. The summed E-state index contributed by atoms with van der Waals surface area (Å²) >= 11 is 0. The summed E-state index contributed by atoms with van der Waals surface area (Å²) in [7, 11) is 2.77. The SMILES string of the molecule is CCc1cccc(-n2c(C)c3cnn(-c4ccc(C(=O)OC)c(OC)c4)c(=O)c3c2C)c1. The van der Waals surface area contributed by atoms with Crippen molar-refractivity contribution in [2.24, 2.45) is 0 Å². The van der Waals surface area contributed by atoms with E-state index in [1.807, 2.05) is 26.0 Å². The van der Waals surface area contributed by atoms with Crippen LogP contribution in [0.2, 0.25) is 0 Å². The standard InChI is InChI=1S/C25H25N3O4/c1-6-17-8-7-9-18(12-17)27-15(2)21-14-26-28(24(29)23(21)16(27)3)19-10-11-20(25(30)32-5)22(13-19)31-4/h7-14H,6H2,1-5H3. The fraction of sp³-hybridized carbons (Fsp3) is 0.240. The predicted octanol–water partition coefficient (Wildman–Crippen LogP) is 4.15. The van der Waals surface area contributed by atoms with Gasteiger partial charge in [-0.15, -0.1) is 0 Å². The van der Waals surface area contributed by atoms with E-state index in [0.717, 1.165) is 28.9 Å². The molecule has 0 spiro atoms. The molecule has 4 rings (SSSR count). The van der Waals surface area contributed by atoms with Crippen molar-refractivity contribution >= 4 is 16.7 Å². The first-order chi connectivity index (χ1) is 15.4. The fourth-order valence-electron chi connectivity index (χ4n) is 4.14. The van der Waals surface area contributed by atoms with E-state index < -0.39 is 5.97 Å². The lowest BCUT2D eigenvalue weighted by Crippen LogP contribution is -2.21. The Bertz CT molecular complexity index is 1400. The minimum atomic E-state index is -0.512. The zero-order valence-corrected chi connectivity index (χ0v) is 18.8. The van der Waals surface area contributed by atoms with Gasteiger partial charge in [0.2, 0.25) is 0 Å². The number of carbonyl (C=O) groups is 1. The summed E-state index contributed by atoms with van der Waals surface area (Å²) in [5.41, 5.74) is 4.60. The highest BCUT2D eigenvalue weighted by Gasteiger charge is 2.19. The van der Waals surface area contributed by atoms with Crippen LogP contribution < -0.4 is 10.3 Å². The largest absolute Gasteiger partial charge is 0.496 e. The summed E-state index contributed by atoms with van der Waals surface area (Å²) in [6, 6.07) is 13.1. The second kappa shape index (κ2) is 8.34. The van der Waals surface area contributed by atoms with Gasteiger partial charge in [0.05, 0.1) is 31.5 Å². The van der Waals surface area contributed by atoms with Crippen LogP contribution in [0.25, 0.3) is 22.1 Å². The molecule has 164 valence electrons. The van der Waals surface area contributed by atoms with E-state index in [1.165, 1.54) is 24.5 Å². The maximum Gasteiger partial charge on any atom is 0.341 e. The highest BCUT2D eigenvalue weighted by molar-refractivity contribution is 5.93. The summed E-state index contributed by atoms with van der Waals surface area (Å²) in [6.07, 6.45) is 2.64. The molecule has 0 amide bonds. The lowest BCUT2D eigenvalue weighted by atomic mass is 10.1. The maximum absolute atomic E-state index is 13.5. The average molecular weight is 431 g/mol. The van der Waals surface area contributed by atoms with Crippen LogP contribution in [0, 0.1) is 13.8 Å². The second-order valence-electron chi connectivity index (χ2n) is 7.56. The van der Waals surface area contributed by atoms with E-state index in [1.54, 1.807) is 24.4 Å². The molecule has 0 atom stereocenters. The fourth-order valence-corrected chi connectivity index (χ4v) is 4.14. The van der Waals surface area contributed by atoms with E-state index >= 15 is 0 Å².